The summed E-state index contributed by atoms with van der Waals surface area (Å²) in [4.78, 5) is 12.1. The van der Waals surface area contributed by atoms with Crippen LogP contribution in [0.4, 0.5) is 13.2 Å². The van der Waals surface area contributed by atoms with E-state index in [0.717, 1.165) is 18.4 Å². The van der Waals surface area contributed by atoms with Gasteiger partial charge in [0, 0.05) is 19.6 Å². The van der Waals surface area contributed by atoms with Gasteiger partial charge in [0.2, 0.25) is 5.91 Å². The largest absolute Gasteiger partial charge is 0.416 e. The molecule has 0 N–H and O–H groups in total. The zero-order valence-electron chi connectivity index (χ0n) is 15.1. The first kappa shape index (κ1) is 20.1. The Hall–Kier alpha value is -2.68. The van der Waals surface area contributed by atoms with Crippen molar-refractivity contribution in [2.24, 2.45) is 5.10 Å². The van der Waals surface area contributed by atoms with E-state index in [1.54, 1.807) is 12.1 Å². The Labute approximate surface area is 160 Å². The van der Waals surface area contributed by atoms with Crippen LogP contribution in [-0.2, 0) is 20.8 Å². The van der Waals surface area contributed by atoms with Crippen molar-refractivity contribution in [1.29, 1.82) is 0 Å². The van der Waals surface area contributed by atoms with Crippen molar-refractivity contribution in [2.45, 2.75) is 30.5 Å². The van der Waals surface area contributed by atoms with Crippen LogP contribution >= 0.6 is 0 Å². The van der Waals surface area contributed by atoms with Crippen molar-refractivity contribution in [1.82, 2.24) is 5.01 Å². The lowest BCUT2D eigenvalue weighted by Crippen LogP contribution is -2.24. The van der Waals surface area contributed by atoms with E-state index in [0.29, 0.717) is 23.3 Å². The molecule has 0 saturated heterocycles. The van der Waals surface area contributed by atoms with Gasteiger partial charge in [0.1, 0.15) is 0 Å². The van der Waals surface area contributed by atoms with E-state index < -0.39 is 27.6 Å². The topological polar surface area (TPSA) is 66.8 Å². The maximum Gasteiger partial charge on any atom is 0.416 e. The van der Waals surface area contributed by atoms with E-state index >= 15 is 0 Å². The molecule has 28 heavy (non-hydrogen) atoms. The molecule has 0 fully saturated rings. The first-order valence-electron chi connectivity index (χ1n) is 8.32. The number of hydrogen-bond acceptors (Lipinski definition) is 4. The Morgan fingerprint density at radius 3 is 2.11 bits per heavy atom. The molecule has 1 heterocycles. The highest BCUT2D eigenvalue weighted by atomic mass is 32.2. The minimum absolute atomic E-state index is 0.164. The first-order valence-corrected chi connectivity index (χ1v) is 10.2. The molecule has 0 spiro atoms. The van der Waals surface area contributed by atoms with Crippen LogP contribution in [0.1, 0.15) is 36.1 Å². The van der Waals surface area contributed by atoms with Gasteiger partial charge in [-0.3, -0.25) is 4.79 Å². The number of sulfone groups is 1. The molecule has 1 aliphatic rings. The predicted molar refractivity (Wildman–Crippen MR) is 97.4 cm³/mol. The van der Waals surface area contributed by atoms with Crippen LogP contribution in [0.15, 0.2) is 58.5 Å². The molecular formula is C19H17F3N2O3S. The lowest BCUT2D eigenvalue weighted by molar-refractivity contribution is -0.137. The fourth-order valence-corrected chi connectivity index (χ4v) is 3.65. The molecule has 9 heteroatoms. The molecule has 2 aromatic carbocycles. The van der Waals surface area contributed by atoms with E-state index in [4.69, 9.17) is 0 Å². The second kappa shape index (κ2) is 7.05. The van der Waals surface area contributed by atoms with Gasteiger partial charge in [-0.2, -0.15) is 18.3 Å². The molecular weight excluding hydrogens is 393 g/mol. The van der Waals surface area contributed by atoms with Crippen molar-refractivity contribution < 1.29 is 26.4 Å². The van der Waals surface area contributed by atoms with Gasteiger partial charge >= 0.3 is 6.18 Å². The predicted octanol–water partition coefficient (Wildman–Crippen LogP) is 3.81. The number of hydrazone groups is 1. The van der Waals surface area contributed by atoms with E-state index in [1.807, 2.05) is 0 Å². The number of carbonyl (C=O) groups excluding carboxylic acids is 1. The summed E-state index contributed by atoms with van der Waals surface area (Å²) in [5.74, 6) is -0.340. The maximum absolute atomic E-state index is 12.8. The molecule has 3 rings (SSSR count). The molecule has 5 nitrogen and oxygen atoms in total. The third-order valence-electron chi connectivity index (χ3n) is 4.47. The maximum atomic E-state index is 12.8. The summed E-state index contributed by atoms with van der Waals surface area (Å²) in [6.07, 6.45) is -3.02. The summed E-state index contributed by atoms with van der Waals surface area (Å²) in [5.41, 5.74) is 0.976. The second-order valence-electron chi connectivity index (χ2n) is 6.55. The Morgan fingerprint density at radius 2 is 1.64 bits per heavy atom. The third kappa shape index (κ3) is 4.09. The summed E-state index contributed by atoms with van der Waals surface area (Å²) in [5, 5.41) is 5.55. The van der Waals surface area contributed by atoms with E-state index in [-0.39, 0.29) is 10.8 Å². The summed E-state index contributed by atoms with van der Waals surface area (Å²) in [7, 11) is -3.33. The molecule has 0 radical (unpaired) electrons. The number of rotatable bonds is 3. The van der Waals surface area contributed by atoms with Crippen molar-refractivity contribution >= 4 is 21.5 Å². The van der Waals surface area contributed by atoms with Crippen LogP contribution in [0, 0.1) is 0 Å². The highest BCUT2D eigenvalue weighted by Crippen LogP contribution is 2.35. The molecule has 0 aromatic heterocycles. The van der Waals surface area contributed by atoms with Crippen LogP contribution in [0.2, 0.25) is 0 Å². The lowest BCUT2D eigenvalue weighted by Gasteiger charge is -2.21. The molecule has 1 unspecified atom stereocenters. The zero-order valence-corrected chi connectivity index (χ0v) is 15.9. The van der Waals surface area contributed by atoms with Gasteiger partial charge in [0.25, 0.3) is 0 Å². The van der Waals surface area contributed by atoms with Gasteiger partial charge in [0.15, 0.2) is 9.84 Å². The summed E-state index contributed by atoms with van der Waals surface area (Å²) >= 11 is 0. The zero-order chi connectivity index (χ0) is 20.7. The Bertz CT molecular complexity index is 1030. The number of halogens is 3. The van der Waals surface area contributed by atoms with E-state index in [9.17, 15) is 26.4 Å². The average Bonchev–Trinajstić information content (AvgIpc) is 3.06. The van der Waals surface area contributed by atoms with Crippen molar-refractivity contribution in [3.8, 4) is 0 Å². The minimum Gasteiger partial charge on any atom is -0.273 e. The molecule has 1 atom stereocenters. The second-order valence-corrected chi connectivity index (χ2v) is 8.56. The normalized spacial score (nSPS) is 17.5. The summed E-state index contributed by atoms with van der Waals surface area (Å²) < 4.78 is 61.5. The standard InChI is InChI=1S/C19H17F3N2O3S/c1-12(25)24-18(14-3-7-15(8-4-14)19(20,21)22)11-17(23-24)13-5-9-16(10-6-13)28(2,26)27/h3-10,18H,11H2,1-2H3. The van der Waals surface area contributed by atoms with Crippen LogP contribution < -0.4 is 0 Å². The Balaban J connectivity index is 1.89. The molecule has 1 aliphatic heterocycles. The molecule has 0 saturated carbocycles. The number of hydrogen-bond donors (Lipinski definition) is 0. The Kier molecular flexibility index (Phi) is 5.05. The van der Waals surface area contributed by atoms with E-state index in [2.05, 4.69) is 5.10 Å². The van der Waals surface area contributed by atoms with Gasteiger partial charge in [-0.25, -0.2) is 13.4 Å². The summed E-state index contributed by atoms with van der Waals surface area (Å²) in [6, 6.07) is 10.2. The molecule has 0 aliphatic carbocycles. The number of nitrogens with zero attached hydrogens (tertiary/aromatic N) is 2. The lowest BCUT2D eigenvalue weighted by atomic mass is 9.97. The number of carbonyl (C=O) groups is 1. The quantitative estimate of drug-likeness (QED) is 0.773. The molecule has 1 amide bonds. The summed E-state index contributed by atoms with van der Waals surface area (Å²) in [6.45, 7) is 1.33. The van der Waals surface area contributed by atoms with E-state index in [1.165, 1.54) is 36.2 Å². The van der Waals surface area contributed by atoms with Gasteiger partial charge in [-0.15, -0.1) is 0 Å². The number of alkyl halides is 3. The highest BCUT2D eigenvalue weighted by Gasteiger charge is 2.33. The SMILES string of the molecule is CC(=O)N1N=C(c2ccc(S(C)(=O)=O)cc2)CC1c1ccc(C(F)(F)F)cc1. The first-order chi connectivity index (χ1) is 13.0. The Morgan fingerprint density at radius 1 is 1.07 bits per heavy atom. The molecule has 148 valence electrons. The van der Waals surface area contributed by atoms with Crippen LogP contribution in [0.25, 0.3) is 0 Å². The minimum atomic E-state index is -4.43. The number of amides is 1. The van der Waals surface area contributed by atoms with Crippen LogP contribution in [0.3, 0.4) is 0 Å². The fourth-order valence-electron chi connectivity index (χ4n) is 3.02. The molecule has 2 aromatic rings. The smallest absolute Gasteiger partial charge is 0.273 e. The van der Waals surface area contributed by atoms with Gasteiger partial charge in [-0.1, -0.05) is 24.3 Å². The monoisotopic (exact) mass is 410 g/mol. The van der Waals surface area contributed by atoms with Crippen LogP contribution in [-0.4, -0.2) is 31.3 Å². The van der Waals surface area contributed by atoms with Crippen molar-refractivity contribution in [3.05, 3.63) is 65.2 Å². The molecule has 0 bridgehead atoms. The highest BCUT2D eigenvalue weighted by molar-refractivity contribution is 7.90. The van der Waals surface area contributed by atoms with Gasteiger partial charge < -0.3 is 0 Å². The number of benzene rings is 2. The average molecular weight is 410 g/mol. The van der Waals surface area contributed by atoms with Crippen LogP contribution in [0.5, 0.6) is 0 Å². The van der Waals surface area contributed by atoms with Crippen molar-refractivity contribution in [3.63, 3.8) is 0 Å². The van der Waals surface area contributed by atoms with Crippen molar-refractivity contribution in [2.75, 3.05) is 6.26 Å². The van der Waals surface area contributed by atoms with Gasteiger partial charge in [0.05, 0.1) is 22.2 Å². The fraction of sp³-hybridized carbons (Fsp3) is 0.263. The third-order valence-corrected chi connectivity index (χ3v) is 5.60. The van der Waals surface area contributed by atoms with Gasteiger partial charge in [-0.05, 0) is 35.4 Å².